The number of hydrogen-bond donors (Lipinski definition) is 1. The third-order valence-electron chi connectivity index (χ3n) is 3.00. The molecule has 1 aromatic heterocycles. The molecule has 0 spiro atoms. The smallest absolute Gasteiger partial charge is 0.129 e. The molecule has 0 saturated heterocycles. The van der Waals surface area contributed by atoms with Crippen molar-refractivity contribution >= 4 is 15.9 Å². The SMILES string of the molecule is CC(C)CNCc1ccc(COCc2ccc(Br)cc2)o1. The van der Waals surface area contributed by atoms with Crippen molar-refractivity contribution in [2.45, 2.75) is 33.6 Å². The molecule has 114 valence electrons. The summed E-state index contributed by atoms with van der Waals surface area (Å²) in [5, 5.41) is 3.36. The van der Waals surface area contributed by atoms with E-state index in [0.717, 1.165) is 34.6 Å². The molecule has 1 N–H and O–H groups in total. The van der Waals surface area contributed by atoms with Crippen LogP contribution in [0.4, 0.5) is 0 Å². The standard InChI is InChI=1S/C17H22BrNO2/c1-13(2)9-19-10-16-7-8-17(21-16)12-20-11-14-3-5-15(18)6-4-14/h3-8,13,19H,9-12H2,1-2H3. The third-order valence-corrected chi connectivity index (χ3v) is 3.52. The van der Waals surface area contributed by atoms with E-state index in [2.05, 4.69) is 35.1 Å². The Morgan fingerprint density at radius 3 is 2.48 bits per heavy atom. The fraction of sp³-hybridized carbons (Fsp3) is 0.412. The first kappa shape index (κ1) is 16.3. The molecule has 21 heavy (non-hydrogen) atoms. The Balaban J connectivity index is 1.71. The first-order valence-electron chi connectivity index (χ1n) is 7.24. The second-order valence-corrected chi connectivity index (χ2v) is 6.43. The molecule has 4 heteroatoms. The third kappa shape index (κ3) is 6.04. The molecule has 0 radical (unpaired) electrons. The van der Waals surface area contributed by atoms with Crippen LogP contribution >= 0.6 is 15.9 Å². The fourth-order valence-electron chi connectivity index (χ4n) is 1.93. The summed E-state index contributed by atoms with van der Waals surface area (Å²) in [6.45, 7) is 7.24. The molecule has 0 amide bonds. The molecule has 0 bridgehead atoms. The van der Waals surface area contributed by atoms with Gasteiger partial charge >= 0.3 is 0 Å². The van der Waals surface area contributed by atoms with Crippen LogP contribution in [-0.2, 0) is 24.5 Å². The Bertz CT molecular complexity index is 534. The molecule has 2 aromatic rings. The van der Waals surface area contributed by atoms with Gasteiger partial charge in [0.2, 0.25) is 0 Å². The van der Waals surface area contributed by atoms with Gasteiger partial charge in [-0.05, 0) is 42.3 Å². The van der Waals surface area contributed by atoms with Gasteiger partial charge in [0, 0.05) is 4.47 Å². The molecule has 0 fully saturated rings. The van der Waals surface area contributed by atoms with Crippen LogP contribution in [0.2, 0.25) is 0 Å². The number of ether oxygens (including phenoxy) is 1. The second-order valence-electron chi connectivity index (χ2n) is 5.51. The number of rotatable bonds is 8. The minimum absolute atomic E-state index is 0.500. The first-order valence-corrected chi connectivity index (χ1v) is 8.03. The van der Waals surface area contributed by atoms with Crippen molar-refractivity contribution in [3.8, 4) is 0 Å². The molecular formula is C17H22BrNO2. The maximum atomic E-state index is 5.73. The van der Waals surface area contributed by atoms with Gasteiger partial charge in [0.25, 0.3) is 0 Å². The van der Waals surface area contributed by atoms with Gasteiger partial charge in [-0.2, -0.15) is 0 Å². The predicted molar refractivity (Wildman–Crippen MR) is 87.9 cm³/mol. The lowest BCUT2D eigenvalue weighted by molar-refractivity contribution is 0.0920. The molecule has 1 heterocycles. The molecule has 2 rings (SSSR count). The molecular weight excluding hydrogens is 330 g/mol. The number of furan rings is 1. The highest BCUT2D eigenvalue weighted by atomic mass is 79.9. The van der Waals surface area contributed by atoms with E-state index >= 15 is 0 Å². The van der Waals surface area contributed by atoms with E-state index < -0.39 is 0 Å². The number of nitrogens with one attached hydrogen (secondary N) is 1. The van der Waals surface area contributed by atoms with Crippen LogP contribution in [0, 0.1) is 5.92 Å². The van der Waals surface area contributed by atoms with Crippen LogP contribution < -0.4 is 5.32 Å². The average Bonchev–Trinajstić information content (AvgIpc) is 2.88. The van der Waals surface area contributed by atoms with Crippen LogP contribution in [-0.4, -0.2) is 6.54 Å². The largest absolute Gasteiger partial charge is 0.462 e. The zero-order chi connectivity index (χ0) is 15.1. The average molecular weight is 352 g/mol. The van der Waals surface area contributed by atoms with Gasteiger partial charge in [0.05, 0.1) is 13.2 Å². The van der Waals surface area contributed by atoms with Gasteiger partial charge in [-0.1, -0.05) is 41.9 Å². The van der Waals surface area contributed by atoms with Gasteiger partial charge in [-0.15, -0.1) is 0 Å². The van der Waals surface area contributed by atoms with Gasteiger partial charge in [0.15, 0.2) is 0 Å². The Kier molecular flexibility index (Phi) is 6.49. The Morgan fingerprint density at radius 2 is 1.76 bits per heavy atom. The van der Waals surface area contributed by atoms with E-state index in [9.17, 15) is 0 Å². The van der Waals surface area contributed by atoms with Crippen LogP contribution in [0.3, 0.4) is 0 Å². The highest BCUT2D eigenvalue weighted by molar-refractivity contribution is 9.10. The second kappa shape index (κ2) is 8.37. The van der Waals surface area contributed by atoms with Crippen LogP contribution in [0.15, 0.2) is 45.3 Å². The molecule has 3 nitrogen and oxygen atoms in total. The van der Waals surface area contributed by atoms with E-state index in [4.69, 9.17) is 9.15 Å². The molecule has 0 unspecified atom stereocenters. The summed E-state index contributed by atoms with van der Waals surface area (Å²) < 4.78 is 12.5. The first-order chi connectivity index (χ1) is 10.1. The minimum atomic E-state index is 0.500. The zero-order valence-electron chi connectivity index (χ0n) is 12.6. The normalized spacial score (nSPS) is 11.2. The summed E-state index contributed by atoms with van der Waals surface area (Å²) in [6.07, 6.45) is 0. The maximum absolute atomic E-state index is 5.73. The molecule has 0 atom stereocenters. The summed E-state index contributed by atoms with van der Waals surface area (Å²) in [7, 11) is 0. The Morgan fingerprint density at radius 1 is 1.05 bits per heavy atom. The topological polar surface area (TPSA) is 34.4 Å². The quantitative estimate of drug-likeness (QED) is 0.759. The summed E-state index contributed by atoms with van der Waals surface area (Å²) >= 11 is 3.42. The van der Waals surface area contributed by atoms with Crippen molar-refractivity contribution < 1.29 is 9.15 Å². The lowest BCUT2D eigenvalue weighted by atomic mass is 10.2. The minimum Gasteiger partial charge on any atom is -0.462 e. The molecule has 0 aliphatic rings. The summed E-state index contributed by atoms with van der Waals surface area (Å²) in [4.78, 5) is 0. The van der Waals surface area contributed by atoms with Crippen LogP contribution in [0.1, 0.15) is 30.9 Å². The summed E-state index contributed by atoms with van der Waals surface area (Å²) in [5.41, 5.74) is 1.16. The van der Waals surface area contributed by atoms with Gasteiger partial charge in [-0.25, -0.2) is 0 Å². The highest BCUT2D eigenvalue weighted by Gasteiger charge is 2.03. The van der Waals surface area contributed by atoms with Crippen molar-refractivity contribution in [1.82, 2.24) is 5.32 Å². The highest BCUT2D eigenvalue weighted by Crippen LogP contribution is 2.13. The van der Waals surface area contributed by atoms with E-state index in [-0.39, 0.29) is 0 Å². The number of halogens is 1. The maximum Gasteiger partial charge on any atom is 0.129 e. The fourth-order valence-corrected chi connectivity index (χ4v) is 2.19. The van der Waals surface area contributed by atoms with Crippen molar-refractivity contribution in [1.29, 1.82) is 0 Å². The lowest BCUT2D eigenvalue weighted by Crippen LogP contribution is -2.18. The summed E-state index contributed by atoms with van der Waals surface area (Å²) in [6, 6.07) is 12.1. The van der Waals surface area contributed by atoms with Crippen molar-refractivity contribution in [3.63, 3.8) is 0 Å². The van der Waals surface area contributed by atoms with E-state index in [1.807, 2.05) is 36.4 Å². The van der Waals surface area contributed by atoms with Crippen molar-refractivity contribution in [2.24, 2.45) is 5.92 Å². The van der Waals surface area contributed by atoms with Gasteiger partial charge in [0.1, 0.15) is 18.1 Å². The molecule has 0 aliphatic carbocycles. The van der Waals surface area contributed by atoms with Crippen molar-refractivity contribution in [2.75, 3.05) is 6.54 Å². The summed E-state index contributed by atoms with van der Waals surface area (Å²) in [5.74, 6) is 2.47. The van der Waals surface area contributed by atoms with Crippen molar-refractivity contribution in [3.05, 3.63) is 58.0 Å². The molecule has 0 saturated carbocycles. The lowest BCUT2D eigenvalue weighted by Gasteiger charge is -2.05. The number of hydrogen-bond acceptors (Lipinski definition) is 3. The number of benzene rings is 1. The van der Waals surface area contributed by atoms with Gasteiger partial charge in [-0.3, -0.25) is 0 Å². The monoisotopic (exact) mass is 351 g/mol. The Labute approximate surface area is 134 Å². The Hall–Kier alpha value is -1.10. The van der Waals surface area contributed by atoms with E-state index in [1.165, 1.54) is 0 Å². The van der Waals surface area contributed by atoms with Crippen LogP contribution in [0.5, 0.6) is 0 Å². The van der Waals surface area contributed by atoms with E-state index in [1.54, 1.807) is 0 Å². The molecule has 0 aliphatic heterocycles. The van der Waals surface area contributed by atoms with Crippen LogP contribution in [0.25, 0.3) is 0 Å². The van der Waals surface area contributed by atoms with Gasteiger partial charge < -0.3 is 14.5 Å². The molecule has 1 aromatic carbocycles. The predicted octanol–water partition coefficient (Wildman–Crippen LogP) is 4.50. The zero-order valence-corrected chi connectivity index (χ0v) is 14.2. The van der Waals surface area contributed by atoms with E-state index in [0.29, 0.717) is 19.1 Å².